The normalized spacial score (nSPS) is 10.3. The number of hydrogen-bond donors (Lipinski definition) is 0. The number of rotatable bonds is 2. The third-order valence-electron chi connectivity index (χ3n) is 0.897. The van der Waals surface area contributed by atoms with E-state index in [-0.39, 0.29) is 6.54 Å². The van der Waals surface area contributed by atoms with E-state index < -0.39 is 6.67 Å². The van der Waals surface area contributed by atoms with E-state index in [1.54, 1.807) is 0 Å². The number of aryl methyl sites for hydroxylation is 1. The maximum Gasteiger partial charge on any atom is 0.218 e. The monoisotopic (exact) mass is 271 g/mol. The molecule has 0 fully saturated rings. The van der Waals surface area contributed by atoms with E-state index in [4.69, 9.17) is 0 Å². The topological polar surface area (TPSA) is 30.7 Å². The zero-order valence-corrected chi connectivity index (χ0v) is 8.06. The van der Waals surface area contributed by atoms with Crippen LogP contribution >= 0.6 is 31.9 Å². The molecule has 3 nitrogen and oxygen atoms in total. The van der Waals surface area contributed by atoms with Crippen molar-refractivity contribution < 1.29 is 4.39 Å². The van der Waals surface area contributed by atoms with Crippen molar-refractivity contribution in [1.82, 2.24) is 14.8 Å². The lowest BCUT2D eigenvalue weighted by molar-refractivity contribution is 0.422. The first-order valence-electron chi connectivity index (χ1n) is 2.56. The molecule has 0 aliphatic carbocycles. The molecule has 0 saturated carbocycles. The van der Waals surface area contributed by atoms with Crippen LogP contribution in [0.15, 0.2) is 9.47 Å². The Balaban J connectivity index is 2.81. The summed E-state index contributed by atoms with van der Waals surface area (Å²) in [5.41, 5.74) is 0. The Hall–Kier alpha value is 0.0300. The van der Waals surface area contributed by atoms with Gasteiger partial charge in [-0.1, -0.05) is 0 Å². The van der Waals surface area contributed by atoms with Gasteiger partial charge >= 0.3 is 0 Å². The summed E-state index contributed by atoms with van der Waals surface area (Å²) < 4.78 is 14.2. The summed E-state index contributed by atoms with van der Waals surface area (Å²) >= 11 is 6.17. The van der Waals surface area contributed by atoms with Crippen molar-refractivity contribution in [3.63, 3.8) is 0 Å². The number of halogens is 3. The van der Waals surface area contributed by atoms with E-state index in [0.29, 0.717) is 9.47 Å². The van der Waals surface area contributed by atoms with Crippen molar-refractivity contribution >= 4 is 31.9 Å². The Morgan fingerprint density at radius 3 is 2.60 bits per heavy atom. The molecule has 10 heavy (non-hydrogen) atoms. The second kappa shape index (κ2) is 3.43. The van der Waals surface area contributed by atoms with Crippen molar-refractivity contribution in [2.45, 2.75) is 6.54 Å². The third kappa shape index (κ3) is 1.76. The standard InChI is InChI=1S/C4H4Br2FN3/c5-3-8-4(6)10(9-3)2-1-7/h1-2H2. The molecule has 1 rings (SSSR count). The first kappa shape index (κ1) is 8.13. The van der Waals surface area contributed by atoms with E-state index in [1.165, 1.54) is 4.68 Å². The molecule has 0 aliphatic heterocycles. The van der Waals surface area contributed by atoms with Crippen LogP contribution in [0, 0.1) is 0 Å². The fourth-order valence-corrected chi connectivity index (χ4v) is 1.54. The highest BCUT2D eigenvalue weighted by atomic mass is 79.9. The molecule has 0 aromatic carbocycles. The Kier molecular flexibility index (Phi) is 2.79. The molecule has 0 atom stereocenters. The van der Waals surface area contributed by atoms with Crippen molar-refractivity contribution in [2.75, 3.05) is 6.67 Å². The van der Waals surface area contributed by atoms with Crippen LogP contribution in [0.3, 0.4) is 0 Å². The lowest BCUT2D eigenvalue weighted by Crippen LogP contribution is -2.01. The first-order valence-corrected chi connectivity index (χ1v) is 4.14. The van der Waals surface area contributed by atoms with Crippen molar-refractivity contribution in [3.05, 3.63) is 9.47 Å². The van der Waals surface area contributed by atoms with E-state index in [0.717, 1.165) is 0 Å². The lowest BCUT2D eigenvalue weighted by atomic mass is 10.7. The minimum Gasteiger partial charge on any atom is -0.249 e. The second-order valence-electron chi connectivity index (χ2n) is 1.56. The molecule has 1 aromatic rings. The van der Waals surface area contributed by atoms with Crippen molar-refractivity contribution in [3.8, 4) is 0 Å². The largest absolute Gasteiger partial charge is 0.249 e. The summed E-state index contributed by atoms with van der Waals surface area (Å²) in [4.78, 5) is 3.85. The van der Waals surface area contributed by atoms with Crippen LogP contribution in [-0.4, -0.2) is 21.4 Å². The summed E-state index contributed by atoms with van der Waals surface area (Å²) in [6.07, 6.45) is 0. The molecule has 0 bridgehead atoms. The molecule has 0 radical (unpaired) electrons. The zero-order valence-electron chi connectivity index (χ0n) is 4.89. The van der Waals surface area contributed by atoms with Gasteiger partial charge in [-0.3, -0.25) is 0 Å². The van der Waals surface area contributed by atoms with Crippen LogP contribution in [0.2, 0.25) is 0 Å². The van der Waals surface area contributed by atoms with Crippen LogP contribution in [0.1, 0.15) is 0 Å². The highest BCUT2D eigenvalue weighted by Gasteiger charge is 2.02. The van der Waals surface area contributed by atoms with Gasteiger partial charge in [0.05, 0.1) is 6.54 Å². The van der Waals surface area contributed by atoms with Gasteiger partial charge in [0.25, 0.3) is 0 Å². The van der Waals surface area contributed by atoms with Crippen LogP contribution in [-0.2, 0) is 6.54 Å². The summed E-state index contributed by atoms with van der Waals surface area (Å²) in [6.45, 7) is -0.201. The highest BCUT2D eigenvalue weighted by Crippen LogP contribution is 2.10. The molecule has 1 aromatic heterocycles. The quantitative estimate of drug-likeness (QED) is 0.822. The Morgan fingerprint density at radius 1 is 1.50 bits per heavy atom. The van der Waals surface area contributed by atoms with Crippen molar-refractivity contribution in [2.24, 2.45) is 0 Å². The molecule has 0 saturated heterocycles. The minimum absolute atomic E-state index is 0.235. The zero-order chi connectivity index (χ0) is 7.56. The average Bonchev–Trinajstić information content (AvgIpc) is 2.13. The smallest absolute Gasteiger partial charge is 0.218 e. The fourth-order valence-electron chi connectivity index (χ4n) is 0.519. The second-order valence-corrected chi connectivity index (χ2v) is 2.98. The van der Waals surface area contributed by atoms with E-state index in [1.807, 2.05) is 0 Å². The minimum atomic E-state index is -0.436. The molecule has 0 amide bonds. The van der Waals surface area contributed by atoms with E-state index in [9.17, 15) is 4.39 Å². The predicted octanol–water partition coefficient (Wildman–Crippen LogP) is 1.77. The maximum absolute atomic E-state index is 11.7. The third-order valence-corrected chi connectivity index (χ3v) is 1.82. The van der Waals surface area contributed by atoms with Crippen LogP contribution in [0.5, 0.6) is 0 Å². The molecular weight excluding hydrogens is 269 g/mol. The lowest BCUT2D eigenvalue weighted by Gasteiger charge is -1.93. The summed E-state index contributed by atoms with van der Waals surface area (Å²) in [7, 11) is 0. The molecule has 56 valence electrons. The van der Waals surface area contributed by atoms with E-state index in [2.05, 4.69) is 41.9 Å². The fraction of sp³-hybridized carbons (Fsp3) is 0.500. The molecule has 6 heteroatoms. The molecule has 0 unspecified atom stereocenters. The van der Waals surface area contributed by atoms with Gasteiger partial charge in [0.2, 0.25) is 4.73 Å². The van der Waals surface area contributed by atoms with Gasteiger partial charge in [0, 0.05) is 0 Å². The van der Waals surface area contributed by atoms with E-state index >= 15 is 0 Å². The number of alkyl halides is 1. The molecule has 0 N–H and O–H groups in total. The Bertz CT molecular complexity index is 224. The Morgan fingerprint density at radius 2 is 2.20 bits per heavy atom. The maximum atomic E-state index is 11.7. The van der Waals surface area contributed by atoms with Gasteiger partial charge in [-0.2, -0.15) is 4.98 Å². The summed E-state index contributed by atoms with van der Waals surface area (Å²) in [5, 5.41) is 3.84. The average molecular weight is 273 g/mol. The number of aromatic nitrogens is 3. The first-order chi connectivity index (χ1) is 4.74. The van der Waals surface area contributed by atoms with Gasteiger partial charge in [-0.05, 0) is 31.9 Å². The van der Waals surface area contributed by atoms with Crippen molar-refractivity contribution in [1.29, 1.82) is 0 Å². The highest BCUT2D eigenvalue weighted by molar-refractivity contribution is 9.11. The summed E-state index contributed by atoms with van der Waals surface area (Å²) in [6, 6.07) is 0. The number of hydrogen-bond acceptors (Lipinski definition) is 2. The summed E-state index contributed by atoms with van der Waals surface area (Å²) in [5.74, 6) is 0. The van der Waals surface area contributed by atoms with Crippen LogP contribution in [0.4, 0.5) is 4.39 Å². The van der Waals surface area contributed by atoms with Crippen LogP contribution < -0.4 is 0 Å². The van der Waals surface area contributed by atoms with Gasteiger partial charge in [-0.25, -0.2) is 9.07 Å². The molecular formula is C4H4Br2FN3. The molecule has 0 spiro atoms. The number of nitrogens with zero attached hydrogens (tertiary/aromatic N) is 3. The van der Waals surface area contributed by atoms with Crippen LogP contribution in [0.25, 0.3) is 0 Å². The van der Waals surface area contributed by atoms with Gasteiger partial charge in [0.1, 0.15) is 6.67 Å². The Labute approximate surface area is 73.9 Å². The molecule has 0 aliphatic rings. The van der Waals surface area contributed by atoms with Gasteiger partial charge < -0.3 is 0 Å². The molecule has 1 heterocycles. The van der Waals surface area contributed by atoms with Gasteiger partial charge in [-0.15, -0.1) is 5.10 Å². The predicted molar refractivity (Wildman–Crippen MR) is 41.4 cm³/mol. The SMILES string of the molecule is FCCn1nc(Br)nc1Br. The van der Waals surface area contributed by atoms with Gasteiger partial charge in [0.15, 0.2) is 4.73 Å².